The van der Waals surface area contributed by atoms with Crippen molar-refractivity contribution in [2.24, 2.45) is 0 Å². The average Bonchev–Trinajstić information content (AvgIpc) is 2.39. The van der Waals surface area contributed by atoms with Crippen LogP contribution in [-0.4, -0.2) is 5.97 Å². The minimum absolute atomic E-state index is 0.297. The van der Waals surface area contributed by atoms with Crippen molar-refractivity contribution in [2.75, 3.05) is 0 Å². The summed E-state index contributed by atoms with van der Waals surface area (Å²) in [7, 11) is 0. The van der Waals surface area contributed by atoms with E-state index in [0.717, 1.165) is 17.5 Å². The van der Waals surface area contributed by atoms with Gasteiger partial charge in [0, 0.05) is 0 Å². The quantitative estimate of drug-likeness (QED) is 0.603. The van der Waals surface area contributed by atoms with Crippen LogP contribution in [0.25, 0.3) is 0 Å². The molecule has 0 aliphatic carbocycles. The first-order valence-electron chi connectivity index (χ1n) is 6.08. The van der Waals surface area contributed by atoms with E-state index in [2.05, 4.69) is 0 Å². The first-order valence-corrected chi connectivity index (χ1v) is 6.08. The Morgan fingerprint density at radius 3 is 2.44 bits per heavy atom. The fraction of sp³-hybridized carbons (Fsp3) is 0.188. The van der Waals surface area contributed by atoms with Gasteiger partial charge in [-0.05, 0) is 36.6 Å². The summed E-state index contributed by atoms with van der Waals surface area (Å²) >= 11 is 0. The molecule has 0 unspecified atom stereocenters. The number of carbonyl (C=O) groups excluding carboxylic acids is 1. The third kappa shape index (κ3) is 2.59. The predicted octanol–water partition coefficient (Wildman–Crippen LogP) is 3.78. The number of carbonyl (C=O) groups is 1. The third-order valence-electron chi connectivity index (χ3n) is 2.92. The molecule has 18 heavy (non-hydrogen) atoms. The molecule has 2 aromatic rings. The Balaban J connectivity index is 2.24. The molecule has 92 valence electrons. The van der Waals surface area contributed by atoms with E-state index in [1.807, 2.05) is 56.3 Å². The Hall–Kier alpha value is -2.09. The topological polar surface area (TPSA) is 26.3 Å². The van der Waals surface area contributed by atoms with Crippen molar-refractivity contribution in [2.45, 2.75) is 20.3 Å². The summed E-state index contributed by atoms with van der Waals surface area (Å²) in [5.41, 5.74) is 2.58. The minimum Gasteiger partial charge on any atom is -0.423 e. The van der Waals surface area contributed by atoms with Gasteiger partial charge in [0.15, 0.2) is 0 Å². The summed E-state index contributed by atoms with van der Waals surface area (Å²) in [5, 5.41) is 0. The first-order chi connectivity index (χ1) is 8.72. The SMILES string of the molecule is CCc1ccccc1OC(=O)c1ccccc1C. The van der Waals surface area contributed by atoms with Crippen LogP contribution in [0.1, 0.15) is 28.4 Å². The molecule has 0 fully saturated rings. The van der Waals surface area contributed by atoms with E-state index in [0.29, 0.717) is 11.3 Å². The third-order valence-corrected chi connectivity index (χ3v) is 2.92. The van der Waals surface area contributed by atoms with Crippen LogP contribution in [0.15, 0.2) is 48.5 Å². The summed E-state index contributed by atoms with van der Waals surface area (Å²) in [6.45, 7) is 3.95. The lowest BCUT2D eigenvalue weighted by Gasteiger charge is -2.09. The van der Waals surface area contributed by atoms with Gasteiger partial charge in [-0.1, -0.05) is 43.3 Å². The molecule has 0 heterocycles. The molecular formula is C16H16O2. The number of hydrogen-bond acceptors (Lipinski definition) is 2. The van der Waals surface area contributed by atoms with E-state index in [1.54, 1.807) is 6.07 Å². The summed E-state index contributed by atoms with van der Waals surface area (Å²) < 4.78 is 5.46. The highest BCUT2D eigenvalue weighted by Gasteiger charge is 2.12. The van der Waals surface area contributed by atoms with Crippen LogP contribution >= 0.6 is 0 Å². The highest BCUT2D eigenvalue weighted by molar-refractivity contribution is 5.92. The number of rotatable bonds is 3. The van der Waals surface area contributed by atoms with Gasteiger partial charge in [0.05, 0.1) is 5.56 Å². The Kier molecular flexibility index (Phi) is 3.78. The fourth-order valence-electron chi connectivity index (χ4n) is 1.85. The molecule has 0 atom stereocenters. The number of hydrogen-bond donors (Lipinski definition) is 0. The molecule has 0 N–H and O–H groups in total. The average molecular weight is 240 g/mol. The lowest BCUT2D eigenvalue weighted by atomic mass is 10.1. The van der Waals surface area contributed by atoms with E-state index < -0.39 is 0 Å². The number of esters is 1. The number of para-hydroxylation sites is 1. The Labute approximate surface area is 107 Å². The van der Waals surface area contributed by atoms with Gasteiger partial charge < -0.3 is 4.74 Å². The van der Waals surface area contributed by atoms with Gasteiger partial charge in [0.25, 0.3) is 0 Å². The van der Waals surface area contributed by atoms with Gasteiger partial charge in [0.2, 0.25) is 0 Å². The van der Waals surface area contributed by atoms with Gasteiger partial charge in [-0.25, -0.2) is 4.79 Å². The second-order valence-electron chi connectivity index (χ2n) is 4.17. The van der Waals surface area contributed by atoms with Gasteiger partial charge in [-0.3, -0.25) is 0 Å². The summed E-state index contributed by atoms with van der Waals surface area (Å²) in [4.78, 5) is 12.1. The maximum atomic E-state index is 12.1. The molecule has 0 saturated heterocycles. The zero-order valence-corrected chi connectivity index (χ0v) is 10.6. The number of benzene rings is 2. The Morgan fingerprint density at radius 1 is 1.06 bits per heavy atom. The van der Waals surface area contributed by atoms with Crippen LogP contribution in [-0.2, 0) is 6.42 Å². The zero-order valence-electron chi connectivity index (χ0n) is 10.6. The molecule has 0 aliphatic heterocycles. The molecule has 0 radical (unpaired) electrons. The molecule has 0 bridgehead atoms. The minimum atomic E-state index is -0.297. The lowest BCUT2D eigenvalue weighted by molar-refractivity contribution is 0.0732. The van der Waals surface area contributed by atoms with Crippen LogP contribution in [0.4, 0.5) is 0 Å². The van der Waals surface area contributed by atoms with Crippen LogP contribution < -0.4 is 4.74 Å². The Bertz CT molecular complexity index is 559. The van der Waals surface area contributed by atoms with Crippen LogP contribution in [0, 0.1) is 6.92 Å². The maximum Gasteiger partial charge on any atom is 0.343 e. The molecule has 0 aromatic heterocycles. The largest absolute Gasteiger partial charge is 0.423 e. The molecule has 0 amide bonds. The molecule has 2 aromatic carbocycles. The van der Waals surface area contributed by atoms with Crippen LogP contribution in [0.3, 0.4) is 0 Å². The molecule has 2 nitrogen and oxygen atoms in total. The fourth-order valence-corrected chi connectivity index (χ4v) is 1.85. The highest BCUT2D eigenvalue weighted by atomic mass is 16.5. The second kappa shape index (κ2) is 5.50. The standard InChI is InChI=1S/C16H16O2/c1-3-13-9-5-7-11-15(13)18-16(17)14-10-6-4-8-12(14)2/h4-11H,3H2,1-2H3. The maximum absolute atomic E-state index is 12.1. The number of ether oxygens (including phenoxy) is 1. The number of aryl methyl sites for hydroxylation is 2. The van der Waals surface area contributed by atoms with Crippen molar-refractivity contribution in [1.29, 1.82) is 0 Å². The van der Waals surface area contributed by atoms with Gasteiger partial charge >= 0.3 is 5.97 Å². The van der Waals surface area contributed by atoms with E-state index in [1.165, 1.54) is 0 Å². The smallest absolute Gasteiger partial charge is 0.343 e. The van der Waals surface area contributed by atoms with E-state index >= 15 is 0 Å². The summed E-state index contributed by atoms with van der Waals surface area (Å²) in [6, 6.07) is 15.1. The van der Waals surface area contributed by atoms with Crippen molar-refractivity contribution in [1.82, 2.24) is 0 Å². The highest BCUT2D eigenvalue weighted by Crippen LogP contribution is 2.20. The van der Waals surface area contributed by atoms with E-state index in [-0.39, 0.29) is 5.97 Å². The van der Waals surface area contributed by atoms with Crippen LogP contribution in [0.5, 0.6) is 5.75 Å². The molecule has 2 rings (SSSR count). The van der Waals surface area contributed by atoms with Crippen molar-refractivity contribution < 1.29 is 9.53 Å². The van der Waals surface area contributed by atoms with Gasteiger partial charge in [0.1, 0.15) is 5.75 Å². The monoisotopic (exact) mass is 240 g/mol. The molecule has 0 spiro atoms. The van der Waals surface area contributed by atoms with Gasteiger partial charge in [-0.15, -0.1) is 0 Å². The van der Waals surface area contributed by atoms with E-state index in [4.69, 9.17) is 4.74 Å². The van der Waals surface area contributed by atoms with Crippen molar-refractivity contribution in [3.05, 3.63) is 65.2 Å². The molecule has 2 heteroatoms. The molecule has 0 saturated carbocycles. The van der Waals surface area contributed by atoms with Crippen molar-refractivity contribution >= 4 is 5.97 Å². The summed E-state index contributed by atoms with van der Waals surface area (Å²) in [5.74, 6) is 0.349. The Morgan fingerprint density at radius 2 is 1.72 bits per heavy atom. The summed E-state index contributed by atoms with van der Waals surface area (Å²) in [6.07, 6.45) is 0.844. The first kappa shape index (κ1) is 12.4. The molecular weight excluding hydrogens is 224 g/mol. The predicted molar refractivity (Wildman–Crippen MR) is 72.0 cm³/mol. The van der Waals surface area contributed by atoms with E-state index in [9.17, 15) is 4.79 Å². The lowest BCUT2D eigenvalue weighted by Crippen LogP contribution is -2.11. The zero-order chi connectivity index (χ0) is 13.0. The second-order valence-corrected chi connectivity index (χ2v) is 4.17. The van der Waals surface area contributed by atoms with Crippen molar-refractivity contribution in [3.63, 3.8) is 0 Å². The molecule has 0 aliphatic rings. The van der Waals surface area contributed by atoms with Crippen LogP contribution in [0.2, 0.25) is 0 Å². The van der Waals surface area contributed by atoms with Crippen molar-refractivity contribution in [3.8, 4) is 5.75 Å². The van der Waals surface area contributed by atoms with Gasteiger partial charge in [-0.2, -0.15) is 0 Å². The normalized spacial score (nSPS) is 10.1.